The van der Waals surface area contributed by atoms with Crippen molar-refractivity contribution in [2.75, 3.05) is 13.3 Å². The van der Waals surface area contributed by atoms with E-state index in [1.54, 1.807) is 14.1 Å². The van der Waals surface area contributed by atoms with Gasteiger partial charge < -0.3 is 4.74 Å². The van der Waals surface area contributed by atoms with Gasteiger partial charge in [0.05, 0.1) is 5.69 Å². The SMILES string of the molecule is CN=C(OCc1c(C)cccc1-n1nnn(C)c1=O)SC. The lowest BCUT2D eigenvalue weighted by Crippen LogP contribution is -2.23. The van der Waals surface area contributed by atoms with E-state index in [1.165, 1.54) is 21.1 Å². The van der Waals surface area contributed by atoms with Crippen molar-refractivity contribution in [1.29, 1.82) is 0 Å². The number of aliphatic imine (C=N–C) groups is 1. The van der Waals surface area contributed by atoms with Crippen LogP contribution in [-0.2, 0) is 18.4 Å². The monoisotopic (exact) mass is 307 g/mol. The largest absolute Gasteiger partial charge is 0.468 e. The number of thioether (sulfide) groups is 1. The van der Waals surface area contributed by atoms with Crippen LogP contribution in [-0.4, -0.2) is 38.3 Å². The molecular weight excluding hydrogens is 290 g/mol. The van der Waals surface area contributed by atoms with Crippen molar-refractivity contribution in [2.45, 2.75) is 13.5 Å². The van der Waals surface area contributed by atoms with Crippen LogP contribution in [0.4, 0.5) is 0 Å². The Bertz CT molecular complexity index is 720. The summed E-state index contributed by atoms with van der Waals surface area (Å²) in [6.07, 6.45) is 1.90. The van der Waals surface area contributed by atoms with E-state index >= 15 is 0 Å². The number of rotatable bonds is 3. The van der Waals surface area contributed by atoms with Gasteiger partial charge >= 0.3 is 5.69 Å². The highest BCUT2D eigenvalue weighted by Gasteiger charge is 2.13. The highest BCUT2D eigenvalue weighted by molar-refractivity contribution is 8.12. The van der Waals surface area contributed by atoms with Gasteiger partial charge in [0.15, 0.2) is 0 Å². The highest BCUT2D eigenvalue weighted by atomic mass is 32.2. The van der Waals surface area contributed by atoms with Crippen LogP contribution in [0.25, 0.3) is 5.69 Å². The van der Waals surface area contributed by atoms with Crippen molar-refractivity contribution in [2.24, 2.45) is 12.0 Å². The fourth-order valence-corrected chi connectivity index (χ4v) is 2.25. The van der Waals surface area contributed by atoms with Gasteiger partial charge in [-0.25, -0.2) is 9.79 Å². The summed E-state index contributed by atoms with van der Waals surface area (Å²) < 4.78 is 8.12. The zero-order valence-electron chi connectivity index (χ0n) is 12.4. The Morgan fingerprint density at radius 1 is 1.43 bits per heavy atom. The van der Waals surface area contributed by atoms with Crippen LogP contribution in [0.15, 0.2) is 28.0 Å². The fourth-order valence-electron chi connectivity index (χ4n) is 1.89. The third-order valence-corrected chi connectivity index (χ3v) is 3.68. The first-order valence-corrected chi connectivity index (χ1v) is 7.52. The number of ether oxygens (including phenoxy) is 1. The molecule has 0 amide bonds. The predicted molar refractivity (Wildman–Crippen MR) is 83.0 cm³/mol. The molecule has 0 spiro atoms. The molecule has 21 heavy (non-hydrogen) atoms. The van der Waals surface area contributed by atoms with Crippen LogP contribution in [0, 0.1) is 6.92 Å². The van der Waals surface area contributed by atoms with Gasteiger partial charge in [-0.05, 0) is 35.2 Å². The average molecular weight is 307 g/mol. The second-order valence-corrected chi connectivity index (χ2v) is 5.11. The maximum absolute atomic E-state index is 12.0. The number of aromatic nitrogens is 4. The molecule has 0 N–H and O–H groups in total. The van der Waals surface area contributed by atoms with Crippen LogP contribution < -0.4 is 5.69 Å². The Morgan fingerprint density at radius 2 is 2.19 bits per heavy atom. The Labute approximate surface area is 126 Å². The Morgan fingerprint density at radius 3 is 2.76 bits per heavy atom. The molecule has 0 saturated heterocycles. The minimum atomic E-state index is -0.295. The van der Waals surface area contributed by atoms with Crippen molar-refractivity contribution < 1.29 is 4.74 Å². The molecule has 0 aliphatic carbocycles. The topological polar surface area (TPSA) is 74.3 Å². The number of benzene rings is 1. The van der Waals surface area contributed by atoms with E-state index in [1.807, 2.05) is 31.4 Å². The first-order chi connectivity index (χ1) is 10.1. The van der Waals surface area contributed by atoms with E-state index in [9.17, 15) is 4.79 Å². The van der Waals surface area contributed by atoms with Crippen LogP contribution in [0.2, 0.25) is 0 Å². The van der Waals surface area contributed by atoms with Gasteiger partial charge in [-0.15, -0.1) is 0 Å². The second kappa shape index (κ2) is 6.57. The molecular formula is C13H17N5O2S. The van der Waals surface area contributed by atoms with E-state index in [4.69, 9.17) is 4.74 Å². The normalized spacial score (nSPS) is 11.7. The molecule has 0 saturated carbocycles. The van der Waals surface area contributed by atoms with Gasteiger partial charge in [-0.3, -0.25) is 0 Å². The third-order valence-electron chi connectivity index (χ3n) is 3.03. The highest BCUT2D eigenvalue weighted by Crippen LogP contribution is 2.18. The molecule has 8 heteroatoms. The van der Waals surface area contributed by atoms with Crippen molar-refractivity contribution in [3.8, 4) is 5.69 Å². The maximum atomic E-state index is 12.0. The number of aryl methyl sites for hydroxylation is 2. The second-order valence-electron chi connectivity index (χ2n) is 4.35. The zero-order chi connectivity index (χ0) is 15.4. The van der Waals surface area contributed by atoms with E-state index in [0.29, 0.717) is 17.5 Å². The van der Waals surface area contributed by atoms with Crippen LogP contribution >= 0.6 is 11.8 Å². The maximum Gasteiger partial charge on any atom is 0.368 e. The minimum absolute atomic E-state index is 0.295. The quantitative estimate of drug-likeness (QED) is 0.628. The summed E-state index contributed by atoms with van der Waals surface area (Å²) >= 11 is 1.43. The van der Waals surface area contributed by atoms with Crippen LogP contribution in [0.1, 0.15) is 11.1 Å². The Hall–Kier alpha value is -2.09. The summed E-state index contributed by atoms with van der Waals surface area (Å²) in [6.45, 7) is 2.28. The molecule has 0 bridgehead atoms. The molecule has 2 rings (SSSR count). The first kappa shape index (κ1) is 15.3. The molecule has 0 aliphatic heterocycles. The molecule has 1 heterocycles. The van der Waals surface area contributed by atoms with Gasteiger partial charge in [0, 0.05) is 19.7 Å². The molecule has 1 aromatic heterocycles. The Balaban J connectivity index is 2.42. The molecule has 0 unspecified atom stereocenters. The lowest BCUT2D eigenvalue weighted by Gasteiger charge is -2.12. The minimum Gasteiger partial charge on any atom is -0.468 e. The van der Waals surface area contributed by atoms with Gasteiger partial charge in [0.1, 0.15) is 6.61 Å². The van der Waals surface area contributed by atoms with E-state index in [0.717, 1.165) is 11.1 Å². The van der Waals surface area contributed by atoms with Crippen molar-refractivity contribution >= 4 is 17.0 Å². The molecule has 0 fully saturated rings. The van der Waals surface area contributed by atoms with Crippen LogP contribution in [0.3, 0.4) is 0 Å². The fraction of sp³-hybridized carbons (Fsp3) is 0.385. The summed E-state index contributed by atoms with van der Waals surface area (Å²) in [4.78, 5) is 16.0. The van der Waals surface area contributed by atoms with E-state index in [2.05, 4.69) is 15.4 Å². The molecule has 0 aliphatic rings. The van der Waals surface area contributed by atoms with Crippen molar-refractivity contribution in [3.05, 3.63) is 39.8 Å². The van der Waals surface area contributed by atoms with E-state index in [-0.39, 0.29) is 5.69 Å². The predicted octanol–water partition coefficient (Wildman–Crippen LogP) is 1.14. The average Bonchev–Trinajstić information content (AvgIpc) is 2.81. The molecule has 1 aromatic carbocycles. The van der Waals surface area contributed by atoms with Crippen LogP contribution in [0.5, 0.6) is 0 Å². The smallest absolute Gasteiger partial charge is 0.368 e. The van der Waals surface area contributed by atoms with Crippen molar-refractivity contribution in [3.63, 3.8) is 0 Å². The third kappa shape index (κ3) is 3.15. The molecule has 7 nitrogen and oxygen atoms in total. The number of tetrazole rings is 1. The van der Waals surface area contributed by atoms with Gasteiger partial charge in [-0.2, -0.15) is 9.36 Å². The summed E-state index contributed by atoms with van der Waals surface area (Å²) in [6, 6.07) is 5.66. The molecule has 112 valence electrons. The Kier molecular flexibility index (Phi) is 4.79. The first-order valence-electron chi connectivity index (χ1n) is 6.30. The summed E-state index contributed by atoms with van der Waals surface area (Å²) in [5.41, 5.74) is 2.28. The van der Waals surface area contributed by atoms with E-state index < -0.39 is 0 Å². The molecule has 0 atom stereocenters. The van der Waals surface area contributed by atoms with Gasteiger partial charge in [0.25, 0.3) is 0 Å². The summed E-state index contributed by atoms with van der Waals surface area (Å²) in [7, 11) is 3.24. The van der Waals surface area contributed by atoms with Gasteiger partial charge in [-0.1, -0.05) is 23.9 Å². The number of nitrogens with zero attached hydrogens (tertiary/aromatic N) is 5. The summed E-state index contributed by atoms with van der Waals surface area (Å²) in [5, 5.41) is 8.21. The zero-order valence-corrected chi connectivity index (χ0v) is 13.2. The molecule has 0 radical (unpaired) electrons. The lowest BCUT2D eigenvalue weighted by molar-refractivity contribution is 0.300. The number of hydrogen-bond acceptors (Lipinski definition) is 6. The molecule has 2 aromatic rings. The van der Waals surface area contributed by atoms with Gasteiger partial charge in [0.2, 0.25) is 5.23 Å². The lowest BCUT2D eigenvalue weighted by atomic mass is 10.1. The standard InChI is InChI=1S/C13H17N5O2S/c1-9-6-5-7-11(18-13(19)17(3)15-16-18)10(9)8-20-12(14-2)21-4/h5-7H,8H2,1-4H3. The van der Waals surface area contributed by atoms with Crippen molar-refractivity contribution in [1.82, 2.24) is 19.8 Å². The summed E-state index contributed by atoms with van der Waals surface area (Å²) in [5.74, 6) is 0. The number of hydrogen-bond donors (Lipinski definition) is 0.